The van der Waals surface area contributed by atoms with Crippen molar-refractivity contribution in [2.45, 2.75) is 40.7 Å². The Bertz CT molecular complexity index is 609. The second kappa shape index (κ2) is 5.78. The summed E-state index contributed by atoms with van der Waals surface area (Å²) >= 11 is 0. The van der Waals surface area contributed by atoms with Crippen LogP contribution in [0.25, 0.3) is 0 Å². The standard InChI is InChI=1S/C18H24N2/c1-11-7-6-8-12(2)17(11)18(20-19)16-10-14(4)13(3)9-15(16)5/h6-10,18,20H,19H2,1-5H3. The summed E-state index contributed by atoms with van der Waals surface area (Å²) in [4.78, 5) is 0. The van der Waals surface area contributed by atoms with Gasteiger partial charge in [-0.2, -0.15) is 0 Å². The normalized spacial score (nSPS) is 12.5. The molecule has 2 heteroatoms. The van der Waals surface area contributed by atoms with Crippen molar-refractivity contribution < 1.29 is 0 Å². The van der Waals surface area contributed by atoms with Crippen molar-refractivity contribution in [1.29, 1.82) is 0 Å². The van der Waals surface area contributed by atoms with E-state index in [4.69, 9.17) is 5.84 Å². The number of nitrogens with two attached hydrogens (primary N) is 1. The highest BCUT2D eigenvalue weighted by molar-refractivity contribution is 5.46. The Morgan fingerprint density at radius 1 is 0.800 bits per heavy atom. The van der Waals surface area contributed by atoms with Crippen molar-refractivity contribution in [2.75, 3.05) is 0 Å². The summed E-state index contributed by atoms with van der Waals surface area (Å²) in [5.74, 6) is 5.88. The number of hydrogen-bond acceptors (Lipinski definition) is 2. The summed E-state index contributed by atoms with van der Waals surface area (Å²) < 4.78 is 0. The van der Waals surface area contributed by atoms with Gasteiger partial charge in [0.15, 0.2) is 0 Å². The van der Waals surface area contributed by atoms with E-state index in [1.54, 1.807) is 0 Å². The van der Waals surface area contributed by atoms with E-state index in [9.17, 15) is 0 Å². The molecule has 1 atom stereocenters. The van der Waals surface area contributed by atoms with Gasteiger partial charge < -0.3 is 0 Å². The van der Waals surface area contributed by atoms with Crippen LogP contribution in [0.15, 0.2) is 30.3 Å². The van der Waals surface area contributed by atoms with Crippen LogP contribution in [0, 0.1) is 34.6 Å². The Morgan fingerprint density at radius 3 is 1.90 bits per heavy atom. The average molecular weight is 268 g/mol. The number of aryl methyl sites for hydroxylation is 5. The average Bonchev–Trinajstić information content (AvgIpc) is 2.39. The molecule has 0 amide bonds. The molecule has 2 aromatic rings. The minimum Gasteiger partial charge on any atom is -0.271 e. The minimum absolute atomic E-state index is 0.0375. The van der Waals surface area contributed by atoms with E-state index < -0.39 is 0 Å². The molecule has 2 nitrogen and oxygen atoms in total. The molecular formula is C18H24N2. The lowest BCUT2D eigenvalue weighted by Crippen LogP contribution is -2.30. The summed E-state index contributed by atoms with van der Waals surface area (Å²) in [7, 11) is 0. The molecule has 0 heterocycles. The highest BCUT2D eigenvalue weighted by Crippen LogP contribution is 2.30. The van der Waals surface area contributed by atoms with Gasteiger partial charge >= 0.3 is 0 Å². The van der Waals surface area contributed by atoms with Crippen LogP contribution in [0.2, 0.25) is 0 Å². The maximum atomic E-state index is 5.88. The molecule has 0 saturated heterocycles. The van der Waals surface area contributed by atoms with Gasteiger partial charge in [0.25, 0.3) is 0 Å². The molecule has 0 aromatic heterocycles. The molecule has 20 heavy (non-hydrogen) atoms. The van der Waals surface area contributed by atoms with Crippen LogP contribution >= 0.6 is 0 Å². The fourth-order valence-electron chi connectivity index (χ4n) is 2.91. The van der Waals surface area contributed by atoms with Crippen molar-refractivity contribution >= 4 is 0 Å². The molecule has 0 bridgehead atoms. The highest BCUT2D eigenvalue weighted by atomic mass is 15.2. The number of rotatable bonds is 3. The van der Waals surface area contributed by atoms with Crippen molar-refractivity contribution in [3.05, 3.63) is 69.3 Å². The maximum absolute atomic E-state index is 5.88. The third-order valence-electron chi connectivity index (χ3n) is 4.19. The lowest BCUT2D eigenvalue weighted by molar-refractivity contribution is 0.626. The Labute approximate surface area is 122 Å². The van der Waals surface area contributed by atoms with Crippen LogP contribution < -0.4 is 11.3 Å². The van der Waals surface area contributed by atoms with Gasteiger partial charge in [-0.1, -0.05) is 30.3 Å². The molecule has 106 valence electrons. The van der Waals surface area contributed by atoms with E-state index in [0.717, 1.165) is 0 Å². The SMILES string of the molecule is Cc1cc(C)c(C(NN)c2c(C)cccc2C)cc1C. The van der Waals surface area contributed by atoms with E-state index in [-0.39, 0.29) is 6.04 Å². The zero-order valence-electron chi connectivity index (χ0n) is 13.0. The lowest BCUT2D eigenvalue weighted by Gasteiger charge is -2.24. The smallest absolute Gasteiger partial charge is 0.0717 e. The second-order valence-corrected chi connectivity index (χ2v) is 5.70. The fourth-order valence-corrected chi connectivity index (χ4v) is 2.91. The van der Waals surface area contributed by atoms with Crippen molar-refractivity contribution in [3.63, 3.8) is 0 Å². The van der Waals surface area contributed by atoms with Gasteiger partial charge in [0, 0.05) is 0 Å². The van der Waals surface area contributed by atoms with Crippen LogP contribution in [0.1, 0.15) is 45.0 Å². The first-order valence-electron chi connectivity index (χ1n) is 7.05. The van der Waals surface area contributed by atoms with Crippen molar-refractivity contribution in [3.8, 4) is 0 Å². The van der Waals surface area contributed by atoms with Crippen LogP contribution in [-0.4, -0.2) is 0 Å². The predicted octanol–water partition coefficient (Wildman–Crippen LogP) is 3.78. The molecule has 0 spiro atoms. The Morgan fingerprint density at radius 2 is 1.35 bits per heavy atom. The molecule has 2 aromatic carbocycles. The first-order valence-corrected chi connectivity index (χ1v) is 7.05. The third-order valence-corrected chi connectivity index (χ3v) is 4.19. The van der Waals surface area contributed by atoms with Crippen molar-refractivity contribution in [1.82, 2.24) is 5.43 Å². The Kier molecular flexibility index (Phi) is 4.26. The minimum atomic E-state index is 0.0375. The predicted molar refractivity (Wildman–Crippen MR) is 85.7 cm³/mol. The Balaban J connectivity index is 2.62. The van der Waals surface area contributed by atoms with Gasteiger partial charge in [0.05, 0.1) is 6.04 Å². The maximum Gasteiger partial charge on any atom is 0.0717 e. The number of benzene rings is 2. The molecule has 2 rings (SSSR count). The zero-order valence-corrected chi connectivity index (χ0v) is 13.0. The van der Waals surface area contributed by atoms with E-state index in [1.165, 1.54) is 38.9 Å². The molecule has 3 N–H and O–H groups in total. The van der Waals surface area contributed by atoms with Gasteiger partial charge in [-0.15, -0.1) is 0 Å². The highest BCUT2D eigenvalue weighted by Gasteiger charge is 2.19. The third kappa shape index (κ3) is 2.62. The van der Waals surface area contributed by atoms with Gasteiger partial charge in [-0.25, -0.2) is 5.43 Å². The summed E-state index contributed by atoms with van der Waals surface area (Å²) in [5.41, 5.74) is 12.0. The Hall–Kier alpha value is -1.64. The first kappa shape index (κ1) is 14.8. The molecule has 0 fully saturated rings. The van der Waals surface area contributed by atoms with Crippen LogP contribution in [-0.2, 0) is 0 Å². The largest absolute Gasteiger partial charge is 0.271 e. The van der Waals surface area contributed by atoms with E-state index in [0.29, 0.717) is 0 Å². The van der Waals surface area contributed by atoms with Crippen LogP contribution in [0.5, 0.6) is 0 Å². The van der Waals surface area contributed by atoms with E-state index in [1.807, 2.05) is 0 Å². The van der Waals surface area contributed by atoms with E-state index >= 15 is 0 Å². The summed E-state index contributed by atoms with van der Waals surface area (Å²) in [5, 5.41) is 0. The zero-order chi connectivity index (χ0) is 14.9. The van der Waals surface area contributed by atoms with Crippen LogP contribution in [0.4, 0.5) is 0 Å². The summed E-state index contributed by atoms with van der Waals surface area (Å²) in [6, 6.07) is 10.9. The van der Waals surface area contributed by atoms with E-state index in [2.05, 4.69) is 70.4 Å². The quantitative estimate of drug-likeness (QED) is 0.656. The molecule has 0 saturated carbocycles. The van der Waals surface area contributed by atoms with Crippen molar-refractivity contribution in [2.24, 2.45) is 5.84 Å². The van der Waals surface area contributed by atoms with Gasteiger partial charge in [-0.3, -0.25) is 5.84 Å². The number of hydrazine groups is 1. The monoisotopic (exact) mass is 268 g/mol. The first-order chi connectivity index (χ1) is 9.45. The molecule has 0 radical (unpaired) electrons. The lowest BCUT2D eigenvalue weighted by atomic mass is 9.88. The molecule has 0 aliphatic rings. The van der Waals surface area contributed by atoms with Gasteiger partial charge in [-0.05, 0) is 73.6 Å². The molecule has 1 unspecified atom stereocenters. The number of nitrogens with one attached hydrogen (secondary N) is 1. The molecular weight excluding hydrogens is 244 g/mol. The second-order valence-electron chi connectivity index (χ2n) is 5.70. The van der Waals surface area contributed by atoms with Gasteiger partial charge in [0.1, 0.15) is 0 Å². The van der Waals surface area contributed by atoms with Crippen LogP contribution in [0.3, 0.4) is 0 Å². The fraction of sp³-hybridized carbons (Fsp3) is 0.333. The molecule has 0 aliphatic carbocycles. The summed E-state index contributed by atoms with van der Waals surface area (Å²) in [6.07, 6.45) is 0. The van der Waals surface area contributed by atoms with Gasteiger partial charge in [0.2, 0.25) is 0 Å². The number of hydrogen-bond donors (Lipinski definition) is 2. The summed E-state index contributed by atoms with van der Waals surface area (Å²) in [6.45, 7) is 10.7. The molecule has 0 aliphatic heterocycles. The topological polar surface area (TPSA) is 38.0 Å².